The van der Waals surface area contributed by atoms with E-state index in [0.717, 1.165) is 12.0 Å². The molecule has 0 aliphatic heterocycles. The highest BCUT2D eigenvalue weighted by Gasteiger charge is 2.26. The molecule has 1 aromatic carbocycles. The minimum atomic E-state index is -1.57. The average molecular weight is 492 g/mol. The molecule has 36 heavy (non-hydrogen) atoms. The Bertz CT molecular complexity index is 1180. The van der Waals surface area contributed by atoms with Gasteiger partial charge in [-0.25, -0.2) is 4.79 Å². The average Bonchev–Trinajstić information content (AvgIpc) is 2.78. The number of rotatable bonds is 9. The van der Waals surface area contributed by atoms with Gasteiger partial charge in [0.25, 0.3) is 0 Å². The number of carbonyl (C=O) groups is 3. The van der Waals surface area contributed by atoms with Crippen molar-refractivity contribution in [3.63, 3.8) is 0 Å². The van der Waals surface area contributed by atoms with Crippen LogP contribution in [0, 0.1) is 5.41 Å². The fraction of sp³-hybridized carbons (Fsp3) is 0.367. The van der Waals surface area contributed by atoms with E-state index < -0.39 is 23.6 Å². The zero-order valence-corrected chi connectivity index (χ0v) is 22.0. The summed E-state index contributed by atoms with van der Waals surface area (Å²) in [5.74, 6) is -4.19. The van der Waals surface area contributed by atoms with E-state index in [-0.39, 0.29) is 22.4 Å². The highest BCUT2D eigenvalue weighted by atomic mass is 16.4. The highest BCUT2D eigenvalue weighted by Crippen LogP contribution is 2.40. The molecule has 1 aromatic rings. The number of aromatic hydroxyl groups is 1. The normalized spacial score (nSPS) is 17.5. The summed E-state index contributed by atoms with van der Waals surface area (Å²) >= 11 is 0. The Balaban J connectivity index is 2.09. The van der Waals surface area contributed by atoms with E-state index in [1.54, 1.807) is 6.92 Å². The molecular formula is C30H37NO5. The summed E-state index contributed by atoms with van der Waals surface area (Å²) in [5.41, 5.74) is 5.36. The van der Waals surface area contributed by atoms with E-state index in [9.17, 15) is 19.5 Å². The molecule has 0 saturated carbocycles. The number of aliphatic carboxylic acids is 1. The van der Waals surface area contributed by atoms with Gasteiger partial charge in [-0.1, -0.05) is 62.3 Å². The molecule has 1 unspecified atom stereocenters. The van der Waals surface area contributed by atoms with Crippen LogP contribution in [0.3, 0.4) is 0 Å². The number of allylic oxidation sites excluding steroid dienone is 9. The SMILES string of the molecule is CC1=C(/C=C/C(C)=C/C=C/C(C)=C/C(=O)Nc2ccc(O)cc2C(C)C(=O)C(=O)O)C(C)(C)CCC1. The zero-order chi connectivity index (χ0) is 27.0. The third kappa shape index (κ3) is 7.94. The number of amides is 1. The molecule has 6 heteroatoms. The topological polar surface area (TPSA) is 104 Å². The van der Waals surface area contributed by atoms with Crippen molar-refractivity contribution in [3.05, 3.63) is 82.5 Å². The Labute approximate surface area is 213 Å². The van der Waals surface area contributed by atoms with E-state index in [1.165, 1.54) is 55.2 Å². The van der Waals surface area contributed by atoms with Gasteiger partial charge >= 0.3 is 5.97 Å². The van der Waals surface area contributed by atoms with Gasteiger partial charge in [0.15, 0.2) is 0 Å². The molecule has 0 spiro atoms. The fourth-order valence-corrected chi connectivity index (χ4v) is 4.40. The van der Waals surface area contributed by atoms with Crippen LogP contribution in [-0.2, 0) is 14.4 Å². The Morgan fingerprint density at radius 2 is 1.81 bits per heavy atom. The van der Waals surface area contributed by atoms with Crippen LogP contribution in [0.4, 0.5) is 5.69 Å². The molecule has 0 fully saturated rings. The van der Waals surface area contributed by atoms with E-state index in [1.807, 2.05) is 25.2 Å². The Kier molecular flexibility index (Phi) is 9.79. The number of phenolic OH excluding ortho intramolecular Hbond substituents is 1. The molecule has 0 aromatic heterocycles. The van der Waals surface area contributed by atoms with Crippen molar-refractivity contribution in [1.82, 2.24) is 0 Å². The molecular weight excluding hydrogens is 454 g/mol. The Morgan fingerprint density at radius 1 is 1.11 bits per heavy atom. The molecule has 1 aliphatic carbocycles. The second-order valence-corrected chi connectivity index (χ2v) is 10.1. The number of phenols is 1. The van der Waals surface area contributed by atoms with Crippen LogP contribution in [0.25, 0.3) is 0 Å². The molecule has 6 nitrogen and oxygen atoms in total. The van der Waals surface area contributed by atoms with Crippen molar-refractivity contribution in [3.8, 4) is 5.75 Å². The van der Waals surface area contributed by atoms with Gasteiger partial charge in [-0.05, 0) is 80.4 Å². The number of benzene rings is 1. The van der Waals surface area contributed by atoms with Gasteiger partial charge in [0.05, 0.1) is 5.92 Å². The maximum Gasteiger partial charge on any atom is 0.372 e. The second-order valence-electron chi connectivity index (χ2n) is 10.1. The molecule has 1 amide bonds. The maximum absolute atomic E-state index is 12.5. The summed E-state index contributed by atoms with van der Waals surface area (Å²) in [5, 5.41) is 21.5. The third-order valence-corrected chi connectivity index (χ3v) is 6.50. The van der Waals surface area contributed by atoms with Gasteiger partial charge in [-0.2, -0.15) is 0 Å². The first-order valence-corrected chi connectivity index (χ1v) is 12.1. The van der Waals surface area contributed by atoms with Crippen molar-refractivity contribution in [2.45, 2.75) is 66.7 Å². The number of ketones is 1. The Hall–Kier alpha value is -3.67. The molecule has 1 atom stereocenters. The molecule has 2 rings (SSSR count). The van der Waals surface area contributed by atoms with Gasteiger partial charge in [0.2, 0.25) is 11.7 Å². The predicted octanol–water partition coefficient (Wildman–Crippen LogP) is 6.62. The lowest BCUT2D eigenvalue weighted by molar-refractivity contribution is -0.149. The number of anilines is 1. The van der Waals surface area contributed by atoms with Crippen LogP contribution in [0.2, 0.25) is 0 Å². The lowest BCUT2D eigenvalue weighted by Crippen LogP contribution is -2.21. The van der Waals surface area contributed by atoms with Gasteiger partial charge in [-0.3, -0.25) is 9.59 Å². The van der Waals surface area contributed by atoms with Crippen molar-refractivity contribution >= 4 is 23.3 Å². The minimum absolute atomic E-state index is 0.127. The molecule has 0 heterocycles. The van der Waals surface area contributed by atoms with Gasteiger partial charge in [0.1, 0.15) is 5.75 Å². The highest BCUT2D eigenvalue weighted by molar-refractivity contribution is 6.35. The minimum Gasteiger partial charge on any atom is -0.508 e. The largest absolute Gasteiger partial charge is 0.508 e. The van der Waals surface area contributed by atoms with Crippen LogP contribution in [-0.4, -0.2) is 27.9 Å². The fourth-order valence-electron chi connectivity index (χ4n) is 4.40. The van der Waals surface area contributed by atoms with Crippen LogP contribution in [0.1, 0.15) is 72.3 Å². The van der Waals surface area contributed by atoms with Crippen molar-refractivity contribution < 1.29 is 24.6 Å². The summed E-state index contributed by atoms with van der Waals surface area (Å²) in [7, 11) is 0. The Morgan fingerprint density at radius 3 is 2.44 bits per heavy atom. The van der Waals surface area contributed by atoms with Crippen molar-refractivity contribution in [2.75, 3.05) is 5.32 Å². The van der Waals surface area contributed by atoms with Crippen molar-refractivity contribution in [1.29, 1.82) is 0 Å². The zero-order valence-electron chi connectivity index (χ0n) is 22.0. The van der Waals surface area contributed by atoms with Crippen LogP contribution >= 0.6 is 0 Å². The number of Topliss-reactive ketones (excluding diaryl/α,β-unsaturated/α-hetero) is 1. The monoisotopic (exact) mass is 491 g/mol. The molecule has 192 valence electrons. The van der Waals surface area contributed by atoms with E-state index in [0.29, 0.717) is 5.57 Å². The van der Waals surface area contributed by atoms with Crippen LogP contribution in [0.5, 0.6) is 5.75 Å². The second kappa shape index (κ2) is 12.3. The van der Waals surface area contributed by atoms with Crippen LogP contribution in [0.15, 0.2) is 76.9 Å². The number of hydrogen-bond donors (Lipinski definition) is 3. The molecule has 1 aliphatic rings. The molecule has 0 bridgehead atoms. The van der Waals surface area contributed by atoms with E-state index in [4.69, 9.17) is 5.11 Å². The first-order chi connectivity index (χ1) is 16.8. The quantitative estimate of drug-likeness (QED) is 0.156. The summed E-state index contributed by atoms with van der Waals surface area (Å²) in [4.78, 5) is 35.5. The number of nitrogens with one attached hydrogen (secondary N) is 1. The lowest BCUT2D eigenvalue weighted by atomic mass is 9.72. The number of hydrogen-bond acceptors (Lipinski definition) is 4. The molecule has 3 N–H and O–H groups in total. The maximum atomic E-state index is 12.5. The van der Waals surface area contributed by atoms with Crippen molar-refractivity contribution in [2.24, 2.45) is 5.41 Å². The standard InChI is InChI=1S/C30H37NO5/c1-19(12-14-25-21(3)11-8-16-30(25,5)6)9-7-10-20(2)17-27(33)31-26-15-13-23(32)18-24(26)22(4)28(34)29(35)36/h7,9-10,12-15,17-18,22,32H,8,11,16H2,1-6H3,(H,31,33)(H,35,36)/b10-7+,14-12+,19-9+,20-17+. The first kappa shape index (κ1) is 28.6. The van der Waals surface area contributed by atoms with Gasteiger partial charge in [-0.15, -0.1) is 0 Å². The number of carboxylic acid groups (broad SMARTS) is 1. The smallest absolute Gasteiger partial charge is 0.372 e. The summed E-state index contributed by atoms with van der Waals surface area (Å²) in [6.45, 7) is 12.0. The van der Waals surface area contributed by atoms with Gasteiger partial charge < -0.3 is 15.5 Å². The third-order valence-electron chi connectivity index (χ3n) is 6.50. The first-order valence-electron chi connectivity index (χ1n) is 12.1. The van der Waals surface area contributed by atoms with Crippen LogP contribution < -0.4 is 5.32 Å². The van der Waals surface area contributed by atoms with Gasteiger partial charge in [0, 0.05) is 11.8 Å². The number of carbonyl (C=O) groups excluding carboxylic acids is 2. The summed E-state index contributed by atoms with van der Waals surface area (Å²) in [6.07, 6.45) is 15.0. The molecule has 0 radical (unpaired) electrons. The number of carboxylic acids is 1. The molecule has 0 saturated heterocycles. The summed E-state index contributed by atoms with van der Waals surface area (Å²) in [6, 6.07) is 4.09. The van der Waals surface area contributed by atoms with E-state index in [2.05, 4.69) is 38.2 Å². The van der Waals surface area contributed by atoms with E-state index >= 15 is 0 Å². The summed E-state index contributed by atoms with van der Waals surface area (Å²) < 4.78 is 0. The lowest BCUT2D eigenvalue weighted by Gasteiger charge is -2.32. The predicted molar refractivity (Wildman–Crippen MR) is 144 cm³/mol.